The molecule has 3 unspecified atom stereocenters. The van der Waals surface area contributed by atoms with Crippen LogP contribution in [0, 0.1) is 5.92 Å². The van der Waals surface area contributed by atoms with Crippen LogP contribution in [0.1, 0.15) is 110 Å². The minimum atomic E-state index is -0.118. The molecule has 86 heavy (non-hydrogen) atoms. The van der Waals surface area contributed by atoms with Gasteiger partial charge in [0.05, 0.1) is 25.9 Å². The maximum atomic E-state index is 6.53. The van der Waals surface area contributed by atoms with Crippen molar-refractivity contribution in [3.8, 4) is 39.0 Å². The standard InChI is InChI=1S/C78H61NO2S5/c1-4-6-8-10-13-43-44(14-11-9-7-5-2)76(86-75(43)51-19-16-48(83-51)47-15-12-26-82-47)52-20-17-49(84-52)50-18-21-53(85-50)77-78-34-42-32-40-30-37-27-36-28-39-29-38-31-41-33-45(46(78)35-79(77)22-23-81-25-24-80-3)61-66-57(41)56(38)63-58(39)62-54(36)55(37)64-59(40)65-60(42)74(78)73(61)72-70(65)68(64)67(62)69(63)71(66)72/h12,15-21,26-30,32,46,77H,4-11,13-14,22-25,31,33-35H2,1-3H3. The van der Waals surface area contributed by atoms with Gasteiger partial charge in [0.15, 0.2) is 0 Å². The second kappa shape index (κ2) is 17.0. The lowest BCUT2D eigenvalue weighted by atomic mass is 9.60. The topological polar surface area (TPSA) is 21.7 Å². The lowest BCUT2D eigenvalue weighted by molar-refractivity contribution is 0.0528. The summed E-state index contributed by atoms with van der Waals surface area (Å²) in [5.74, 6) is 0.395. The summed E-state index contributed by atoms with van der Waals surface area (Å²) < 4.78 is 12.1. The van der Waals surface area contributed by atoms with Crippen LogP contribution in [0.3, 0.4) is 0 Å². The summed E-state index contributed by atoms with van der Waals surface area (Å²) in [5, 5.41) is 40.3. The quantitative estimate of drug-likeness (QED) is 0.0529. The van der Waals surface area contributed by atoms with Crippen LogP contribution in [0.15, 0.2) is 84.2 Å². The van der Waals surface area contributed by atoms with E-state index in [1.165, 1.54) is 130 Å². The first-order valence-electron chi connectivity index (χ1n) is 32.4. The molecule has 0 amide bonds. The van der Waals surface area contributed by atoms with Gasteiger partial charge in [0.25, 0.3) is 0 Å². The third-order valence-electron chi connectivity index (χ3n) is 23.1. The molecule has 3 nitrogen and oxygen atoms in total. The molecule has 3 atom stereocenters. The van der Waals surface area contributed by atoms with Crippen LogP contribution in [-0.2, 0) is 40.6 Å². The summed E-state index contributed by atoms with van der Waals surface area (Å²) in [4.78, 5) is 16.1. The Morgan fingerprint density at radius 3 is 1.76 bits per heavy atom. The third-order valence-corrected chi connectivity index (χ3v) is 29.3. The summed E-state index contributed by atoms with van der Waals surface area (Å²) in [6.07, 6.45) is 15.9. The van der Waals surface area contributed by atoms with Crippen LogP contribution in [0.4, 0.5) is 0 Å². The highest BCUT2D eigenvalue weighted by Gasteiger charge is 2.63. The van der Waals surface area contributed by atoms with Crippen molar-refractivity contribution in [1.29, 1.82) is 0 Å². The van der Waals surface area contributed by atoms with Crippen molar-refractivity contribution in [3.63, 3.8) is 0 Å². The van der Waals surface area contributed by atoms with E-state index < -0.39 is 0 Å². The van der Waals surface area contributed by atoms with E-state index >= 15 is 0 Å². The number of unbranched alkanes of at least 4 members (excludes halogenated alkanes) is 6. The SMILES string of the molecule is CCCCCCc1c(-c2ccc(-c3cccs3)s2)sc(-c2ccc(-c3ccc(C4N(CCOCCOC)CC5C6=c7c8c9c%10c(cc%11cc%12cc%13cc%14cc%15c%16c(c7c7c8c8c%10c%11c%10c%12c%13c%11c%14c%16c7c%11c%108)=C(C6)C%15)CC954)s3)s2)c1CCCCCC. The Kier molecular flexibility index (Phi) is 9.67. The Morgan fingerprint density at radius 2 is 1.08 bits per heavy atom. The Balaban J connectivity index is 0.745. The number of benzene rings is 8. The first-order chi connectivity index (χ1) is 42.5. The molecule has 4 aliphatic carbocycles. The molecule has 1 spiro atoms. The van der Waals surface area contributed by atoms with Gasteiger partial charge in [-0.3, -0.25) is 4.90 Å². The fourth-order valence-electron chi connectivity index (χ4n) is 20.3. The van der Waals surface area contributed by atoms with E-state index in [9.17, 15) is 0 Å². The van der Waals surface area contributed by atoms with Crippen molar-refractivity contribution in [2.75, 3.05) is 40.0 Å². The smallest absolute Gasteiger partial charge is 0.0700 e. The van der Waals surface area contributed by atoms with Crippen LogP contribution >= 0.6 is 56.7 Å². The highest BCUT2D eigenvalue weighted by molar-refractivity contribution is 7.30. The minimum absolute atomic E-state index is 0.118. The second-order valence-electron chi connectivity index (χ2n) is 27.1. The van der Waals surface area contributed by atoms with E-state index in [-0.39, 0.29) is 11.5 Å². The molecule has 8 heteroatoms. The molecule has 5 aromatic heterocycles. The molecule has 6 heterocycles. The summed E-state index contributed by atoms with van der Waals surface area (Å²) in [6, 6.07) is 32.9. The van der Waals surface area contributed by atoms with Gasteiger partial charge in [-0.2, -0.15) is 0 Å². The first-order valence-corrected chi connectivity index (χ1v) is 36.5. The van der Waals surface area contributed by atoms with Crippen molar-refractivity contribution >= 4 is 186 Å². The molecular formula is C78H61NO2S5. The van der Waals surface area contributed by atoms with E-state index in [1.807, 2.05) is 22.7 Å². The lowest BCUT2D eigenvalue weighted by Crippen LogP contribution is -2.43. The lowest BCUT2D eigenvalue weighted by Gasteiger charge is -2.42. The number of ether oxygens (including phenoxy) is 2. The molecule has 17 aromatic rings. The fourth-order valence-corrected chi connectivity index (χ4v) is 26.1. The van der Waals surface area contributed by atoms with Gasteiger partial charge in [-0.05, 0) is 268 Å². The van der Waals surface area contributed by atoms with Crippen molar-refractivity contribution < 1.29 is 9.47 Å². The molecular weight excluding hydrogens is 1140 g/mol. The Hall–Kier alpha value is -6.04. The Morgan fingerprint density at radius 1 is 0.500 bits per heavy atom. The van der Waals surface area contributed by atoms with Crippen LogP contribution < -0.4 is 10.4 Å². The number of thiophene rings is 5. The number of rotatable bonds is 21. The van der Waals surface area contributed by atoms with Crippen LogP contribution in [0.25, 0.3) is 169 Å². The number of likely N-dealkylation sites (tertiary alicyclic amines) is 1. The fraction of sp³-hybridized carbons (Fsp3) is 0.308. The van der Waals surface area contributed by atoms with E-state index in [0.29, 0.717) is 25.7 Å². The highest BCUT2D eigenvalue weighted by Crippen LogP contribution is 2.71. The largest absolute Gasteiger partial charge is 0.382 e. The van der Waals surface area contributed by atoms with Gasteiger partial charge in [0.1, 0.15) is 0 Å². The van der Waals surface area contributed by atoms with Gasteiger partial charge < -0.3 is 9.47 Å². The molecule has 1 saturated heterocycles. The van der Waals surface area contributed by atoms with Crippen molar-refractivity contribution in [2.45, 2.75) is 109 Å². The van der Waals surface area contributed by atoms with Crippen LogP contribution in [0.5, 0.6) is 0 Å². The number of nitrogens with zero attached hydrogens (tertiary/aromatic N) is 1. The molecule has 5 aliphatic rings. The molecule has 12 aromatic carbocycles. The van der Waals surface area contributed by atoms with Gasteiger partial charge >= 0.3 is 0 Å². The zero-order valence-corrected chi connectivity index (χ0v) is 52.9. The molecule has 420 valence electrons. The van der Waals surface area contributed by atoms with E-state index in [2.05, 4.69) is 137 Å². The maximum absolute atomic E-state index is 6.53. The monoisotopic (exact) mass is 1200 g/mol. The summed E-state index contributed by atoms with van der Waals surface area (Å²) in [6.45, 7) is 8.62. The van der Waals surface area contributed by atoms with E-state index in [4.69, 9.17) is 9.47 Å². The summed E-state index contributed by atoms with van der Waals surface area (Å²) >= 11 is 10.2. The predicted octanol–water partition coefficient (Wildman–Crippen LogP) is 20.9. The van der Waals surface area contributed by atoms with Gasteiger partial charge in [-0.25, -0.2) is 0 Å². The van der Waals surface area contributed by atoms with Crippen molar-refractivity contribution in [1.82, 2.24) is 4.90 Å². The average Bonchev–Trinajstić information content (AvgIpc) is 1.44. The van der Waals surface area contributed by atoms with Crippen molar-refractivity contribution in [3.05, 3.63) is 127 Å². The van der Waals surface area contributed by atoms with Gasteiger partial charge in [0.2, 0.25) is 0 Å². The van der Waals surface area contributed by atoms with Crippen molar-refractivity contribution in [2.24, 2.45) is 5.92 Å². The van der Waals surface area contributed by atoms with Crippen LogP contribution in [-0.4, -0.2) is 44.9 Å². The number of fused-ring (bicyclic) bond motifs is 1. The van der Waals surface area contributed by atoms with Gasteiger partial charge in [-0.1, -0.05) is 81.7 Å². The molecule has 1 fully saturated rings. The molecule has 0 bridgehead atoms. The Labute approximate surface area is 517 Å². The number of hydrogen-bond acceptors (Lipinski definition) is 8. The van der Waals surface area contributed by atoms with E-state index in [0.717, 1.165) is 32.4 Å². The number of hydrogen-bond donors (Lipinski definition) is 0. The van der Waals surface area contributed by atoms with E-state index in [1.54, 1.807) is 153 Å². The molecule has 1 aliphatic heterocycles. The third kappa shape index (κ3) is 5.65. The van der Waals surface area contributed by atoms with Gasteiger partial charge in [0, 0.05) is 75.4 Å². The molecule has 0 N–H and O–H groups in total. The molecule has 22 rings (SSSR count). The summed E-state index contributed by atoms with van der Waals surface area (Å²) in [7, 11) is 1.80. The predicted molar refractivity (Wildman–Crippen MR) is 373 cm³/mol. The first kappa shape index (κ1) is 48.9. The molecule has 0 radical (unpaired) electrons. The molecule has 0 saturated carbocycles. The Bertz CT molecular complexity index is 5740. The highest BCUT2D eigenvalue weighted by atomic mass is 32.1. The van der Waals surface area contributed by atoms with Crippen LogP contribution in [0.2, 0.25) is 0 Å². The van der Waals surface area contributed by atoms with Gasteiger partial charge in [-0.15, -0.1) is 56.7 Å². The average molecular weight is 1200 g/mol. The maximum Gasteiger partial charge on any atom is 0.0700 e. The zero-order chi connectivity index (χ0) is 55.9. The zero-order valence-electron chi connectivity index (χ0n) is 48.8. The normalized spacial score (nSPS) is 19.4. The minimum Gasteiger partial charge on any atom is -0.382 e. The second-order valence-corrected chi connectivity index (χ2v) is 32.3. The summed E-state index contributed by atoms with van der Waals surface area (Å²) in [5.41, 5.74) is 11.6. The number of methoxy groups -OCH3 is 1.